The van der Waals surface area contributed by atoms with E-state index >= 15 is 0 Å². The first-order valence-electron chi connectivity index (χ1n) is 14.4. The predicted molar refractivity (Wildman–Crippen MR) is 159 cm³/mol. The van der Waals surface area contributed by atoms with Crippen LogP contribution in [0.2, 0.25) is 0 Å². The second-order valence-electron chi connectivity index (χ2n) is 10.9. The van der Waals surface area contributed by atoms with Crippen molar-refractivity contribution in [3.8, 4) is 0 Å². The number of carbonyl (C=O) groups is 3. The molecule has 0 heterocycles. The Labute approximate surface area is 234 Å². The topological polar surface area (TPSA) is 87.7 Å². The Hall–Kier alpha value is -3.35. The lowest BCUT2D eigenvalue weighted by Gasteiger charge is -2.35. The third-order valence-electron chi connectivity index (χ3n) is 6.50. The minimum Gasteiger partial charge on any atom is -0.462 e. The van der Waals surface area contributed by atoms with E-state index in [1.165, 1.54) is 38.5 Å². The zero-order valence-electron chi connectivity index (χ0n) is 24.5. The molecule has 0 bridgehead atoms. The van der Waals surface area contributed by atoms with Gasteiger partial charge in [-0.1, -0.05) is 57.9 Å². The summed E-state index contributed by atoms with van der Waals surface area (Å²) in [4.78, 5) is 39.7. The van der Waals surface area contributed by atoms with Gasteiger partial charge in [-0.05, 0) is 76.6 Å². The molecule has 7 heteroatoms. The molecule has 0 spiro atoms. The summed E-state index contributed by atoms with van der Waals surface area (Å²) in [5, 5.41) is 6.26. The van der Waals surface area contributed by atoms with Crippen LogP contribution in [-0.4, -0.2) is 47.9 Å². The second kappa shape index (κ2) is 16.6. The average molecular weight is 538 g/mol. The Morgan fingerprint density at radius 2 is 1.44 bits per heavy atom. The molecular formula is C32H47N3O4. The zero-order chi connectivity index (χ0) is 28.7. The van der Waals surface area contributed by atoms with Gasteiger partial charge in [-0.15, -0.1) is 0 Å². The second-order valence-corrected chi connectivity index (χ2v) is 10.9. The summed E-state index contributed by atoms with van der Waals surface area (Å²) >= 11 is 0. The molecule has 0 fully saturated rings. The molecule has 2 aromatic carbocycles. The Morgan fingerprint density at radius 1 is 0.795 bits per heavy atom. The molecule has 0 atom stereocenters. The molecule has 0 radical (unpaired) electrons. The lowest BCUT2D eigenvalue weighted by atomic mass is 10.0. The summed E-state index contributed by atoms with van der Waals surface area (Å²) in [6, 6.07) is 14.2. The number of nitrogens with one attached hydrogen (secondary N) is 2. The van der Waals surface area contributed by atoms with Gasteiger partial charge in [0.25, 0.3) is 5.91 Å². The van der Waals surface area contributed by atoms with Crippen LogP contribution in [-0.2, 0) is 9.53 Å². The van der Waals surface area contributed by atoms with Gasteiger partial charge < -0.3 is 20.3 Å². The number of esters is 1. The Bertz CT molecular complexity index is 1040. The Balaban J connectivity index is 1.93. The summed E-state index contributed by atoms with van der Waals surface area (Å²) in [5.41, 5.74) is 1.96. The van der Waals surface area contributed by atoms with Gasteiger partial charge in [0, 0.05) is 29.0 Å². The highest BCUT2D eigenvalue weighted by molar-refractivity contribution is 5.98. The van der Waals surface area contributed by atoms with Gasteiger partial charge in [-0.25, -0.2) is 4.79 Å². The first-order valence-corrected chi connectivity index (χ1v) is 14.4. The lowest BCUT2D eigenvalue weighted by Crippen LogP contribution is -2.50. The van der Waals surface area contributed by atoms with E-state index in [9.17, 15) is 14.4 Å². The van der Waals surface area contributed by atoms with Gasteiger partial charge in [0.15, 0.2) is 0 Å². The summed E-state index contributed by atoms with van der Waals surface area (Å²) in [6.45, 7) is 10.8. The molecule has 7 nitrogen and oxygen atoms in total. The smallest absolute Gasteiger partial charge is 0.338 e. The highest BCUT2D eigenvalue weighted by Gasteiger charge is 2.29. The van der Waals surface area contributed by atoms with Crippen LogP contribution in [0.25, 0.3) is 0 Å². The van der Waals surface area contributed by atoms with Crippen molar-refractivity contribution in [2.75, 3.05) is 25.0 Å². The van der Waals surface area contributed by atoms with E-state index < -0.39 is 5.54 Å². The number of carbonyl (C=O) groups excluding carboxylic acids is 3. The van der Waals surface area contributed by atoms with Crippen LogP contribution in [0.1, 0.15) is 107 Å². The molecular weight excluding hydrogens is 490 g/mol. The number of benzene rings is 2. The van der Waals surface area contributed by atoms with Crippen LogP contribution in [0.4, 0.5) is 11.4 Å². The van der Waals surface area contributed by atoms with Crippen molar-refractivity contribution in [2.24, 2.45) is 0 Å². The number of unbranched alkanes of at least 4 members (excludes halogenated alkanes) is 7. The first kappa shape index (κ1) is 31.9. The number of amides is 2. The highest BCUT2D eigenvalue weighted by Crippen LogP contribution is 2.22. The molecule has 0 aromatic heterocycles. The summed E-state index contributed by atoms with van der Waals surface area (Å²) in [5.74, 6) is -0.705. The maximum absolute atomic E-state index is 13.5. The number of hydrogen-bond donors (Lipinski definition) is 2. The van der Waals surface area contributed by atoms with Crippen molar-refractivity contribution in [1.29, 1.82) is 0 Å². The third-order valence-corrected chi connectivity index (χ3v) is 6.50. The predicted octanol–water partition coefficient (Wildman–Crippen LogP) is 7.10. The molecule has 2 aromatic rings. The Kier molecular flexibility index (Phi) is 13.5. The van der Waals surface area contributed by atoms with Gasteiger partial charge in [0.05, 0.1) is 12.2 Å². The minimum absolute atomic E-state index is 0.00628. The molecule has 0 saturated carbocycles. The van der Waals surface area contributed by atoms with E-state index in [0.717, 1.165) is 24.2 Å². The van der Waals surface area contributed by atoms with Crippen LogP contribution in [0.3, 0.4) is 0 Å². The van der Waals surface area contributed by atoms with Gasteiger partial charge in [0.2, 0.25) is 5.91 Å². The van der Waals surface area contributed by atoms with E-state index in [2.05, 4.69) is 17.6 Å². The molecule has 0 aliphatic carbocycles. The van der Waals surface area contributed by atoms with Crippen LogP contribution in [0, 0.1) is 0 Å². The summed E-state index contributed by atoms with van der Waals surface area (Å²) in [6.07, 6.45) is 9.70. The number of nitrogens with zero attached hydrogens (tertiary/aromatic N) is 1. The molecule has 0 saturated heterocycles. The van der Waals surface area contributed by atoms with Crippen molar-refractivity contribution in [2.45, 2.75) is 91.5 Å². The van der Waals surface area contributed by atoms with E-state index in [-0.39, 0.29) is 24.3 Å². The molecule has 2 amide bonds. The van der Waals surface area contributed by atoms with E-state index in [0.29, 0.717) is 24.3 Å². The molecule has 2 N–H and O–H groups in total. The number of anilines is 2. The molecule has 39 heavy (non-hydrogen) atoms. The molecule has 0 unspecified atom stereocenters. The largest absolute Gasteiger partial charge is 0.462 e. The first-order chi connectivity index (χ1) is 18.7. The summed E-state index contributed by atoms with van der Waals surface area (Å²) in [7, 11) is 0. The monoisotopic (exact) mass is 537 g/mol. The molecule has 2 rings (SSSR count). The minimum atomic E-state index is -0.528. The van der Waals surface area contributed by atoms with Crippen LogP contribution in [0.15, 0.2) is 48.5 Å². The average Bonchev–Trinajstić information content (AvgIpc) is 2.90. The number of ether oxygens (including phenoxy) is 1. The van der Waals surface area contributed by atoms with Gasteiger partial charge in [0.1, 0.15) is 6.54 Å². The Morgan fingerprint density at radius 3 is 2.05 bits per heavy atom. The third kappa shape index (κ3) is 11.5. The highest BCUT2D eigenvalue weighted by atomic mass is 16.5. The summed E-state index contributed by atoms with van der Waals surface area (Å²) < 4.78 is 5.03. The fraction of sp³-hybridized carbons (Fsp3) is 0.531. The zero-order valence-corrected chi connectivity index (χ0v) is 24.5. The van der Waals surface area contributed by atoms with Gasteiger partial charge >= 0.3 is 5.97 Å². The maximum Gasteiger partial charge on any atom is 0.338 e. The quantitative estimate of drug-likeness (QED) is 0.176. The van der Waals surface area contributed by atoms with Crippen LogP contribution >= 0.6 is 0 Å². The number of rotatable bonds is 16. The van der Waals surface area contributed by atoms with Crippen molar-refractivity contribution in [3.63, 3.8) is 0 Å². The normalized spacial score (nSPS) is 11.1. The van der Waals surface area contributed by atoms with E-state index in [1.54, 1.807) is 48.2 Å². The molecule has 0 aliphatic heterocycles. The van der Waals surface area contributed by atoms with Crippen molar-refractivity contribution >= 4 is 29.2 Å². The fourth-order valence-electron chi connectivity index (χ4n) is 4.26. The van der Waals surface area contributed by atoms with E-state index in [4.69, 9.17) is 4.74 Å². The van der Waals surface area contributed by atoms with Gasteiger partial charge in [-0.2, -0.15) is 0 Å². The lowest BCUT2D eigenvalue weighted by molar-refractivity contribution is -0.122. The standard InChI is InChI=1S/C32H47N3O4/c1-6-8-9-10-11-12-13-14-22-33-29(36)24-35(32(3,4)5)30(37)26-16-15-17-28(23-26)34-27-20-18-25(19-21-27)31(38)39-7-2/h15-21,23,34H,6-14,22,24H2,1-5H3,(H,33,36). The van der Waals surface area contributed by atoms with Crippen LogP contribution in [0.5, 0.6) is 0 Å². The van der Waals surface area contributed by atoms with Crippen LogP contribution < -0.4 is 10.6 Å². The molecule has 0 aliphatic rings. The SMILES string of the molecule is CCCCCCCCCCNC(=O)CN(C(=O)c1cccc(Nc2ccc(C(=O)OCC)cc2)c1)C(C)(C)C. The molecule has 214 valence electrons. The van der Waals surface area contributed by atoms with Crippen molar-refractivity contribution < 1.29 is 19.1 Å². The maximum atomic E-state index is 13.5. The van der Waals surface area contributed by atoms with Crippen molar-refractivity contribution in [3.05, 3.63) is 59.7 Å². The van der Waals surface area contributed by atoms with Crippen molar-refractivity contribution in [1.82, 2.24) is 10.2 Å². The number of hydrogen-bond acceptors (Lipinski definition) is 5. The van der Waals surface area contributed by atoms with Gasteiger partial charge in [-0.3, -0.25) is 9.59 Å². The van der Waals surface area contributed by atoms with E-state index in [1.807, 2.05) is 32.9 Å². The fourth-order valence-corrected chi connectivity index (χ4v) is 4.26.